The number of hydrogen-bond acceptors (Lipinski definition) is 12. The third kappa shape index (κ3) is 25.0. The molecule has 1 rings (SSSR count). The van der Waals surface area contributed by atoms with Crippen molar-refractivity contribution < 1.29 is 61.1 Å². The summed E-state index contributed by atoms with van der Waals surface area (Å²) in [5.74, 6) is 0. The zero-order valence-corrected chi connectivity index (χ0v) is 23.1. The molecule has 224 valence electrons. The summed E-state index contributed by atoms with van der Waals surface area (Å²) < 4.78 is 71.0. The quantitative estimate of drug-likeness (QED) is 0.0879. The van der Waals surface area contributed by atoms with E-state index in [0.717, 1.165) is 5.56 Å². The van der Waals surface area contributed by atoms with Gasteiger partial charge in [0.15, 0.2) is 6.29 Å². The summed E-state index contributed by atoms with van der Waals surface area (Å²) in [6.07, 6.45) is -0.894. The Hall–Kier alpha value is -1.27. The summed E-state index contributed by atoms with van der Waals surface area (Å²) in [7, 11) is -2.61. The molecule has 0 amide bonds. The van der Waals surface area contributed by atoms with Crippen LogP contribution in [0.2, 0.25) is 0 Å². The molecule has 1 aromatic rings. The first kappa shape index (κ1) is 36.7. The van der Waals surface area contributed by atoms with Gasteiger partial charge >= 0.3 is 0 Å². The van der Waals surface area contributed by atoms with E-state index in [9.17, 15) is 8.42 Å². The van der Waals surface area contributed by atoms with E-state index in [1.807, 2.05) is 6.92 Å². The molecule has 0 aliphatic heterocycles. The molecule has 0 heterocycles. The molecule has 0 aromatic heterocycles. The Bertz CT molecular complexity index is 731. The van der Waals surface area contributed by atoms with Crippen LogP contribution in [0.5, 0.6) is 0 Å². The lowest BCUT2D eigenvalue weighted by Gasteiger charge is -2.10. The van der Waals surface area contributed by atoms with Gasteiger partial charge in [0.05, 0.1) is 104 Å². The standard InChI is InChI=1S/C17H36O10.C7H8O3S/c1-20-17(19)16-27-15-14-26-13-12-25-11-10-24-9-8-23-7-6-22-5-4-21-3-2-18;1-6-2-4-7(5-3-6)11(8,9)10/h17-19H,2-16H2,1H3;2-5H,1H3,(H,8,9,10). The summed E-state index contributed by atoms with van der Waals surface area (Å²) in [5, 5.41) is 17.6. The second-order valence-electron chi connectivity index (χ2n) is 7.45. The fourth-order valence-corrected chi connectivity index (χ4v) is 2.83. The first-order chi connectivity index (χ1) is 18.3. The molecule has 0 aliphatic carbocycles. The van der Waals surface area contributed by atoms with E-state index in [0.29, 0.717) is 85.9 Å². The Morgan fingerprint density at radius 3 is 1.32 bits per heavy atom. The summed E-state index contributed by atoms with van der Waals surface area (Å²) in [6.45, 7) is 8.11. The molecule has 14 heteroatoms. The van der Waals surface area contributed by atoms with Crippen molar-refractivity contribution in [3.63, 3.8) is 0 Å². The average molecular weight is 573 g/mol. The van der Waals surface area contributed by atoms with E-state index in [1.54, 1.807) is 12.1 Å². The van der Waals surface area contributed by atoms with Gasteiger partial charge in [-0.25, -0.2) is 0 Å². The van der Waals surface area contributed by atoms with Crippen LogP contribution < -0.4 is 0 Å². The lowest BCUT2D eigenvalue weighted by Crippen LogP contribution is -2.19. The molecule has 1 unspecified atom stereocenters. The van der Waals surface area contributed by atoms with Crippen LogP contribution in [0.3, 0.4) is 0 Å². The number of hydrogen-bond donors (Lipinski definition) is 3. The molecular weight excluding hydrogens is 528 g/mol. The van der Waals surface area contributed by atoms with Crippen molar-refractivity contribution in [3.05, 3.63) is 29.8 Å². The van der Waals surface area contributed by atoms with E-state index in [4.69, 9.17) is 47.9 Å². The lowest BCUT2D eigenvalue weighted by molar-refractivity contribution is -0.123. The van der Waals surface area contributed by atoms with Crippen molar-refractivity contribution >= 4 is 10.1 Å². The summed E-state index contributed by atoms with van der Waals surface area (Å²) >= 11 is 0. The minimum Gasteiger partial charge on any atom is -0.394 e. The minimum absolute atomic E-state index is 0.0273. The van der Waals surface area contributed by atoms with Crippen molar-refractivity contribution in [2.75, 3.05) is 106 Å². The van der Waals surface area contributed by atoms with Crippen LogP contribution in [0.1, 0.15) is 5.56 Å². The molecule has 0 fully saturated rings. The van der Waals surface area contributed by atoms with Gasteiger partial charge in [0.2, 0.25) is 0 Å². The molecule has 3 N–H and O–H groups in total. The van der Waals surface area contributed by atoms with Crippen LogP contribution in [0.4, 0.5) is 0 Å². The zero-order chi connectivity index (χ0) is 28.3. The second kappa shape index (κ2) is 26.0. The summed E-state index contributed by atoms with van der Waals surface area (Å²) in [4.78, 5) is -0.0666. The van der Waals surface area contributed by atoms with Crippen molar-refractivity contribution in [1.29, 1.82) is 0 Å². The van der Waals surface area contributed by atoms with Gasteiger partial charge < -0.3 is 48.1 Å². The van der Waals surface area contributed by atoms with E-state index >= 15 is 0 Å². The molecule has 38 heavy (non-hydrogen) atoms. The first-order valence-corrected chi connectivity index (χ1v) is 13.6. The highest BCUT2D eigenvalue weighted by molar-refractivity contribution is 7.85. The zero-order valence-electron chi connectivity index (χ0n) is 22.3. The molecule has 0 bridgehead atoms. The summed E-state index contributed by atoms with van der Waals surface area (Å²) in [6, 6.07) is 5.99. The highest BCUT2D eigenvalue weighted by Gasteiger charge is 2.06. The lowest BCUT2D eigenvalue weighted by atomic mass is 10.2. The van der Waals surface area contributed by atoms with E-state index in [-0.39, 0.29) is 18.1 Å². The SMILES string of the molecule is COC(O)COCCOCCOCCOCCOCCOCCOCCO.Cc1ccc(S(=O)(=O)O)cc1. The van der Waals surface area contributed by atoms with Crippen LogP contribution >= 0.6 is 0 Å². The smallest absolute Gasteiger partial charge is 0.294 e. The highest BCUT2D eigenvalue weighted by Crippen LogP contribution is 2.08. The average Bonchev–Trinajstić information content (AvgIpc) is 2.89. The molecule has 1 aromatic carbocycles. The fraction of sp³-hybridized carbons (Fsp3) is 0.750. The molecule has 1 atom stereocenters. The van der Waals surface area contributed by atoms with Gasteiger partial charge in [0.1, 0.15) is 0 Å². The molecule has 0 saturated carbocycles. The number of rotatable bonds is 24. The number of aliphatic hydroxyl groups is 2. The Labute approximate surface area is 225 Å². The maximum Gasteiger partial charge on any atom is 0.294 e. The van der Waals surface area contributed by atoms with E-state index < -0.39 is 16.4 Å². The predicted octanol–water partition coefficient (Wildman–Crippen LogP) is 0.301. The topological polar surface area (TPSA) is 169 Å². The van der Waals surface area contributed by atoms with Crippen LogP contribution in [-0.4, -0.2) is 136 Å². The van der Waals surface area contributed by atoms with Crippen LogP contribution in [0.25, 0.3) is 0 Å². The largest absolute Gasteiger partial charge is 0.394 e. The number of ether oxygens (including phenoxy) is 8. The van der Waals surface area contributed by atoms with E-state index in [2.05, 4.69) is 4.74 Å². The van der Waals surface area contributed by atoms with Crippen molar-refractivity contribution in [3.8, 4) is 0 Å². The number of aliphatic hydroxyl groups excluding tert-OH is 2. The molecule has 0 saturated heterocycles. The molecule has 0 aliphatic rings. The normalized spacial score (nSPS) is 12.2. The van der Waals surface area contributed by atoms with Crippen LogP contribution in [0.15, 0.2) is 29.2 Å². The Morgan fingerprint density at radius 1 is 0.658 bits per heavy atom. The van der Waals surface area contributed by atoms with Gasteiger partial charge in [0.25, 0.3) is 10.1 Å². The second-order valence-corrected chi connectivity index (χ2v) is 8.87. The third-order valence-electron chi connectivity index (χ3n) is 4.32. The molecular formula is C24H44O13S. The number of benzene rings is 1. The Morgan fingerprint density at radius 2 is 1.00 bits per heavy atom. The van der Waals surface area contributed by atoms with Gasteiger partial charge in [0, 0.05) is 7.11 Å². The monoisotopic (exact) mass is 572 g/mol. The fourth-order valence-electron chi connectivity index (χ4n) is 2.35. The molecule has 0 spiro atoms. The maximum absolute atomic E-state index is 10.5. The van der Waals surface area contributed by atoms with Gasteiger partial charge in [-0.05, 0) is 19.1 Å². The minimum atomic E-state index is -4.02. The first-order valence-electron chi connectivity index (χ1n) is 12.2. The maximum atomic E-state index is 10.5. The number of methoxy groups -OCH3 is 1. The van der Waals surface area contributed by atoms with Crippen molar-refractivity contribution in [1.82, 2.24) is 0 Å². The Kier molecular flexibility index (Phi) is 25.1. The van der Waals surface area contributed by atoms with Gasteiger partial charge in [-0.3, -0.25) is 4.55 Å². The van der Waals surface area contributed by atoms with Crippen LogP contribution in [-0.2, 0) is 48.0 Å². The Balaban J connectivity index is 0.00000103. The van der Waals surface area contributed by atoms with Gasteiger partial charge in [-0.1, -0.05) is 17.7 Å². The molecule has 0 radical (unpaired) electrons. The van der Waals surface area contributed by atoms with E-state index in [1.165, 1.54) is 19.2 Å². The van der Waals surface area contributed by atoms with Gasteiger partial charge in [-0.2, -0.15) is 8.42 Å². The molecule has 13 nitrogen and oxygen atoms in total. The highest BCUT2D eigenvalue weighted by atomic mass is 32.2. The van der Waals surface area contributed by atoms with Crippen molar-refractivity contribution in [2.24, 2.45) is 0 Å². The van der Waals surface area contributed by atoms with Crippen molar-refractivity contribution in [2.45, 2.75) is 18.1 Å². The number of aryl methyl sites for hydroxylation is 1. The van der Waals surface area contributed by atoms with Gasteiger partial charge in [-0.15, -0.1) is 0 Å². The van der Waals surface area contributed by atoms with Crippen LogP contribution in [0, 0.1) is 6.92 Å². The predicted molar refractivity (Wildman–Crippen MR) is 137 cm³/mol. The summed E-state index contributed by atoms with van der Waals surface area (Å²) in [5.41, 5.74) is 0.956. The third-order valence-corrected chi connectivity index (χ3v) is 5.19.